The molecule has 13 heavy (non-hydrogen) atoms. The summed E-state index contributed by atoms with van der Waals surface area (Å²) in [5.41, 5.74) is 6.26. The van der Waals surface area contributed by atoms with Crippen LogP contribution in [0.1, 0.15) is 46.0 Å². The molecule has 4 unspecified atom stereocenters. The van der Waals surface area contributed by atoms with Crippen LogP contribution in [0.4, 0.5) is 0 Å². The van der Waals surface area contributed by atoms with Crippen LogP contribution in [0.2, 0.25) is 0 Å². The van der Waals surface area contributed by atoms with Gasteiger partial charge in [0.05, 0.1) is 0 Å². The summed E-state index contributed by atoms with van der Waals surface area (Å²) in [7, 11) is 0. The molecule has 0 aromatic carbocycles. The monoisotopic (exact) mass is 181 g/mol. The maximum Gasteiger partial charge on any atom is 0.00957 e. The van der Waals surface area contributed by atoms with Gasteiger partial charge < -0.3 is 5.73 Å². The Morgan fingerprint density at radius 3 is 2.08 bits per heavy atom. The van der Waals surface area contributed by atoms with Gasteiger partial charge in [-0.2, -0.15) is 0 Å². The van der Waals surface area contributed by atoms with E-state index in [1.165, 1.54) is 32.1 Å². The zero-order chi connectivity index (χ0) is 9.42. The lowest BCUT2D eigenvalue weighted by Crippen LogP contribution is -2.36. The Hall–Kier alpha value is -0.0400. The maximum absolute atomic E-state index is 6.26. The Bertz CT molecular complexity index is 174. The molecule has 0 spiro atoms. The van der Waals surface area contributed by atoms with Crippen molar-refractivity contribution in [3.05, 3.63) is 0 Å². The molecule has 2 aliphatic carbocycles. The quantitative estimate of drug-likeness (QED) is 0.696. The first-order chi connectivity index (χ1) is 6.18. The Morgan fingerprint density at radius 2 is 1.54 bits per heavy atom. The van der Waals surface area contributed by atoms with Crippen molar-refractivity contribution in [3.8, 4) is 0 Å². The maximum atomic E-state index is 6.26. The number of hydrogen-bond acceptors (Lipinski definition) is 1. The average Bonchev–Trinajstić information content (AvgIpc) is 2.91. The van der Waals surface area contributed by atoms with Gasteiger partial charge in [-0.3, -0.25) is 0 Å². The highest BCUT2D eigenvalue weighted by Crippen LogP contribution is 2.41. The largest absolute Gasteiger partial charge is 0.327 e. The molecule has 0 bridgehead atoms. The van der Waals surface area contributed by atoms with Crippen LogP contribution >= 0.6 is 0 Å². The molecular formula is C12H23N. The molecule has 2 N–H and O–H groups in total. The van der Waals surface area contributed by atoms with Crippen molar-refractivity contribution in [2.45, 2.75) is 52.0 Å². The van der Waals surface area contributed by atoms with Crippen LogP contribution in [0, 0.1) is 23.7 Å². The van der Waals surface area contributed by atoms with Crippen LogP contribution in [0.5, 0.6) is 0 Å². The summed E-state index contributed by atoms with van der Waals surface area (Å²) in [6.07, 6.45) is 7.00. The van der Waals surface area contributed by atoms with E-state index in [-0.39, 0.29) is 0 Å². The van der Waals surface area contributed by atoms with Crippen LogP contribution in [0.3, 0.4) is 0 Å². The minimum absolute atomic E-state index is 0.537. The predicted molar refractivity (Wildman–Crippen MR) is 56.4 cm³/mol. The van der Waals surface area contributed by atoms with Crippen molar-refractivity contribution in [1.82, 2.24) is 0 Å². The van der Waals surface area contributed by atoms with Crippen molar-refractivity contribution < 1.29 is 0 Å². The van der Waals surface area contributed by atoms with Crippen molar-refractivity contribution in [3.63, 3.8) is 0 Å². The van der Waals surface area contributed by atoms with Crippen molar-refractivity contribution in [2.24, 2.45) is 29.4 Å². The van der Waals surface area contributed by atoms with Gasteiger partial charge in [0.25, 0.3) is 0 Å². The second kappa shape index (κ2) is 3.61. The van der Waals surface area contributed by atoms with Gasteiger partial charge in [0, 0.05) is 6.04 Å². The number of hydrogen-bond donors (Lipinski definition) is 1. The third kappa shape index (κ3) is 2.07. The van der Waals surface area contributed by atoms with Crippen LogP contribution < -0.4 is 5.73 Å². The number of nitrogens with two attached hydrogens (primary N) is 1. The standard InChI is InChI=1S/C12H23N/c1-8-3-4-11(7-9(8)2)12(13)10-5-6-10/h8-12H,3-7,13H2,1-2H3. The van der Waals surface area contributed by atoms with Gasteiger partial charge in [-0.15, -0.1) is 0 Å². The molecule has 4 atom stereocenters. The average molecular weight is 181 g/mol. The van der Waals surface area contributed by atoms with Gasteiger partial charge in [-0.1, -0.05) is 20.3 Å². The molecule has 0 heterocycles. The third-order valence-electron chi connectivity index (χ3n) is 4.35. The molecule has 0 aliphatic heterocycles. The molecule has 1 nitrogen and oxygen atoms in total. The smallest absolute Gasteiger partial charge is 0.00957 e. The van der Waals surface area contributed by atoms with Gasteiger partial charge in [-0.25, -0.2) is 0 Å². The second-order valence-corrected chi connectivity index (χ2v) is 5.44. The third-order valence-corrected chi connectivity index (χ3v) is 4.35. The number of rotatable bonds is 2. The lowest BCUT2D eigenvalue weighted by atomic mass is 9.72. The van der Waals surface area contributed by atoms with E-state index in [1.807, 2.05) is 0 Å². The van der Waals surface area contributed by atoms with E-state index in [9.17, 15) is 0 Å². The second-order valence-electron chi connectivity index (χ2n) is 5.44. The lowest BCUT2D eigenvalue weighted by Gasteiger charge is -2.35. The molecule has 0 radical (unpaired) electrons. The van der Waals surface area contributed by atoms with E-state index in [4.69, 9.17) is 5.73 Å². The Labute approximate surface area is 82.1 Å². The SMILES string of the molecule is CC1CCC(C(N)C2CC2)CC1C. The van der Waals surface area contributed by atoms with E-state index in [1.54, 1.807) is 0 Å². The molecule has 0 aromatic rings. The highest BCUT2D eigenvalue weighted by atomic mass is 14.7. The van der Waals surface area contributed by atoms with Gasteiger partial charge in [0.2, 0.25) is 0 Å². The summed E-state index contributed by atoms with van der Waals surface area (Å²) < 4.78 is 0. The fourth-order valence-corrected chi connectivity index (χ4v) is 2.80. The fourth-order valence-electron chi connectivity index (χ4n) is 2.80. The first-order valence-corrected chi connectivity index (χ1v) is 5.94. The van der Waals surface area contributed by atoms with Crippen molar-refractivity contribution in [1.29, 1.82) is 0 Å². The molecule has 1 heteroatoms. The first kappa shape index (κ1) is 9.51. The Kier molecular flexibility index (Phi) is 2.64. The molecule has 76 valence electrons. The van der Waals surface area contributed by atoms with Gasteiger partial charge in [-0.05, 0) is 49.4 Å². The topological polar surface area (TPSA) is 26.0 Å². The van der Waals surface area contributed by atoms with E-state index >= 15 is 0 Å². The zero-order valence-electron chi connectivity index (χ0n) is 9.00. The van der Waals surface area contributed by atoms with Crippen molar-refractivity contribution >= 4 is 0 Å². The molecule has 2 rings (SSSR count). The molecule has 2 aliphatic rings. The van der Waals surface area contributed by atoms with Crippen LogP contribution in [-0.4, -0.2) is 6.04 Å². The lowest BCUT2D eigenvalue weighted by molar-refractivity contribution is 0.177. The molecule has 0 aromatic heterocycles. The highest BCUT2D eigenvalue weighted by molar-refractivity contribution is 4.91. The minimum Gasteiger partial charge on any atom is -0.327 e. The Balaban J connectivity index is 1.86. The summed E-state index contributed by atoms with van der Waals surface area (Å²) in [4.78, 5) is 0. The van der Waals surface area contributed by atoms with E-state index in [2.05, 4.69) is 13.8 Å². The Morgan fingerprint density at radius 1 is 0.923 bits per heavy atom. The molecule has 0 saturated heterocycles. The molecular weight excluding hydrogens is 158 g/mol. The summed E-state index contributed by atoms with van der Waals surface area (Å²) in [5, 5.41) is 0. The normalized spacial score (nSPS) is 43.2. The van der Waals surface area contributed by atoms with Crippen LogP contribution in [-0.2, 0) is 0 Å². The van der Waals surface area contributed by atoms with Crippen molar-refractivity contribution in [2.75, 3.05) is 0 Å². The summed E-state index contributed by atoms with van der Waals surface area (Å²) in [6, 6.07) is 0.537. The molecule has 2 saturated carbocycles. The summed E-state index contributed by atoms with van der Waals surface area (Å²) in [6.45, 7) is 4.79. The summed E-state index contributed by atoms with van der Waals surface area (Å²) in [5.74, 6) is 3.58. The van der Waals surface area contributed by atoms with Gasteiger partial charge in [0.1, 0.15) is 0 Å². The van der Waals surface area contributed by atoms with Gasteiger partial charge in [0.15, 0.2) is 0 Å². The molecule has 0 amide bonds. The van der Waals surface area contributed by atoms with E-state index < -0.39 is 0 Å². The van der Waals surface area contributed by atoms with E-state index in [0.29, 0.717) is 6.04 Å². The highest BCUT2D eigenvalue weighted by Gasteiger charge is 2.36. The molecule has 2 fully saturated rings. The zero-order valence-corrected chi connectivity index (χ0v) is 9.00. The van der Waals surface area contributed by atoms with E-state index in [0.717, 1.165) is 23.7 Å². The predicted octanol–water partition coefficient (Wildman–Crippen LogP) is 2.80. The first-order valence-electron chi connectivity index (χ1n) is 5.94. The minimum atomic E-state index is 0.537. The van der Waals surface area contributed by atoms with Crippen LogP contribution in [0.15, 0.2) is 0 Å². The van der Waals surface area contributed by atoms with Gasteiger partial charge >= 0.3 is 0 Å². The fraction of sp³-hybridized carbons (Fsp3) is 1.00. The summed E-state index contributed by atoms with van der Waals surface area (Å²) >= 11 is 0. The van der Waals surface area contributed by atoms with Crippen LogP contribution in [0.25, 0.3) is 0 Å².